The molecule has 2 aromatic carbocycles. The van der Waals surface area contributed by atoms with Gasteiger partial charge in [-0.15, -0.1) is 0 Å². The maximum Gasteiger partial charge on any atom is 0.409 e. The van der Waals surface area contributed by atoms with E-state index in [1.165, 1.54) is 0 Å². The van der Waals surface area contributed by atoms with Gasteiger partial charge in [0, 0.05) is 54.3 Å². The molecule has 0 aliphatic carbocycles. The topological polar surface area (TPSA) is 72.2 Å². The highest BCUT2D eigenvalue weighted by atomic mass is 16.6. The van der Waals surface area contributed by atoms with Gasteiger partial charge in [-0.1, -0.05) is 30.3 Å². The minimum Gasteiger partial charge on any atom is -0.493 e. The molecule has 184 valence electrons. The molecule has 7 heteroatoms. The molecule has 1 saturated heterocycles. The van der Waals surface area contributed by atoms with Crippen LogP contribution in [0.1, 0.15) is 31.9 Å². The third kappa shape index (κ3) is 5.04. The molecular formula is C28H32N2O5. The SMILES string of the molecule is CCOC(=O)N1CCN(C(=O)/C=C(\C)c2cc3c(-c4ccccc4)coc3c(C)c2OCC)CC1. The van der Waals surface area contributed by atoms with Crippen LogP contribution in [0, 0.1) is 6.92 Å². The normalized spacial score (nSPS) is 14.3. The Labute approximate surface area is 205 Å². The molecule has 1 aromatic heterocycles. The fourth-order valence-electron chi connectivity index (χ4n) is 4.46. The van der Waals surface area contributed by atoms with E-state index in [-0.39, 0.29) is 12.0 Å². The van der Waals surface area contributed by atoms with E-state index in [0.717, 1.165) is 44.5 Å². The van der Waals surface area contributed by atoms with Gasteiger partial charge >= 0.3 is 6.09 Å². The van der Waals surface area contributed by atoms with Crippen LogP contribution in [-0.2, 0) is 9.53 Å². The molecule has 0 bridgehead atoms. The number of nitrogens with zero attached hydrogens (tertiary/aromatic N) is 2. The average molecular weight is 477 g/mol. The van der Waals surface area contributed by atoms with Gasteiger partial charge in [0.2, 0.25) is 5.91 Å². The molecule has 35 heavy (non-hydrogen) atoms. The first-order valence-electron chi connectivity index (χ1n) is 12.1. The number of piperazine rings is 1. The Morgan fingerprint density at radius 1 is 1.03 bits per heavy atom. The molecule has 1 aliphatic rings. The first-order chi connectivity index (χ1) is 16.9. The summed E-state index contributed by atoms with van der Waals surface area (Å²) < 4.78 is 17.0. The number of fused-ring (bicyclic) bond motifs is 1. The summed E-state index contributed by atoms with van der Waals surface area (Å²) in [5, 5.41) is 0.982. The van der Waals surface area contributed by atoms with Crippen molar-refractivity contribution >= 4 is 28.5 Å². The fourth-order valence-corrected chi connectivity index (χ4v) is 4.46. The maximum atomic E-state index is 13.1. The number of furan rings is 1. The number of carbonyl (C=O) groups is 2. The smallest absolute Gasteiger partial charge is 0.409 e. The van der Waals surface area contributed by atoms with E-state index >= 15 is 0 Å². The Hall–Kier alpha value is -3.74. The van der Waals surface area contributed by atoms with Crippen LogP contribution < -0.4 is 4.74 Å². The minimum absolute atomic E-state index is 0.0818. The zero-order chi connectivity index (χ0) is 24.9. The summed E-state index contributed by atoms with van der Waals surface area (Å²) in [6, 6.07) is 12.2. The second-order valence-electron chi connectivity index (χ2n) is 8.54. The summed E-state index contributed by atoms with van der Waals surface area (Å²) in [6.07, 6.45) is 3.11. The van der Waals surface area contributed by atoms with Crippen LogP contribution in [0.2, 0.25) is 0 Å². The van der Waals surface area contributed by atoms with Crippen molar-refractivity contribution in [1.82, 2.24) is 9.80 Å². The molecule has 0 radical (unpaired) electrons. The number of benzene rings is 2. The van der Waals surface area contributed by atoms with E-state index < -0.39 is 0 Å². The molecule has 0 unspecified atom stereocenters. The number of amides is 2. The van der Waals surface area contributed by atoms with E-state index in [1.807, 2.05) is 39.0 Å². The molecule has 1 aliphatic heterocycles. The first-order valence-corrected chi connectivity index (χ1v) is 12.1. The Balaban J connectivity index is 1.64. The molecule has 2 heterocycles. The summed E-state index contributed by atoms with van der Waals surface area (Å²) in [7, 11) is 0. The van der Waals surface area contributed by atoms with Crippen LogP contribution in [0.5, 0.6) is 5.75 Å². The second-order valence-corrected chi connectivity index (χ2v) is 8.54. The van der Waals surface area contributed by atoms with Gasteiger partial charge in [0.05, 0.1) is 19.5 Å². The van der Waals surface area contributed by atoms with E-state index in [9.17, 15) is 9.59 Å². The van der Waals surface area contributed by atoms with Gasteiger partial charge in [-0.05, 0) is 44.9 Å². The average Bonchev–Trinajstić information content (AvgIpc) is 3.30. The van der Waals surface area contributed by atoms with Crippen LogP contribution >= 0.6 is 0 Å². The van der Waals surface area contributed by atoms with Crippen LogP contribution in [0.15, 0.2) is 53.2 Å². The Morgan fingerprint density at radius 3 is 2.37 bits per heavy atom. The van der Waals surface area contributed by atoms with Crippen molar-refractivity contribution in [2.45, 2.75) is 27.7 Å². The van der Waals surface area contributed by atoms with Crippen LogP contribution in [-0.4, -0.2) is 61.2 Å². The number of hydrogen-bond donors (Lipinski definition) is 0. The third-order valence-electron chi connectivity index (χ3n) is 6.30. The Morgan fingerprint density at radius 2 is 1.71 bits per heavy atom. The van der Waals surface area contributed by atoms with Crippen molar-refractivity contribution in [3.8, 4) is 16.9 Å². The maximum absolute atomic E-state index is 13.1. The van der Waals surface area contributed by atoms with Crippen molar-refractivity contribution in [3.63, 3.8) is 0 Å². The molecule has 1 fully saturated rings. The van der Waals surface area contributed by atoms with Crippen molar-refractivity contribution in [3.05, 3.63) is 59.9 Å². The number of carbonyl (C=O) groups excluding carboxylic acids is 2. The lowest BCUT2D eigenvalue weighted by atomic mass is 9.96. The Kier molecular flexibility index (Phi) is 7.44. The quantitative estimate of drug-likeness (QED) is 0.439. The number of rotatable bonds is 6. The van der Waals surface area contributed by atoms with Crippen LogP contribution in [0.3, 0.4) is 0 Å². The molecule has 2 amide bonds. The highest BCUT2D eigenvalue weighted by Crippen LogP contribution is 2.40. The molecule has 7 nitrogen and oxygen atoms in total. The van der Waals surface area contributed by atoms with E-state index in [1.54, 1.807) is 29.1 Å². The van der Waals surface area contributed by atoms with E-state index in [2.05, 4.69) is 18.2 Å². The van der Waals surface area contributed by atoms with Crippen molar-refractivity contribution in [2.75, 3.05) is 39.4 Å². The number of ether oxygens (including phenoxy) is 2. The lowest BCUT2D eigenvalue weighted by molar-refractivity contribution is -0.127. The summed E-state index contributed by atoms with van der Waals surface area (Å²) in [5.41, 5.74) is 5.45. The molecule has 3 aromatic rings. The number of allylic oxidation sites excluding steroid dienone is 1. The van der Waals surface area contributed by atoms with E-state index in [4.69, 9.17) is 13.9 Å². The first kappa shape index (κ1) is 24.4. The lowest BCUT2D eigenvalue weighted by Gasteiger charge is -2.33. The second kappa shape index (κ2) is 10.7. The number of aryl methyl sites for hydroxylation is 1. The van der Waals surface area contributed by atoms with Gasteiger partial charge in [-0.3, -0.25) is 4.79 Å². The van der Waals surface area contributed by atoms with Crippen LogP contribution in [0.25, 0.3) is 27.7 Å². The van der Waals surface area contributed by atoms with Gasteiger partial charge in [-0.25, -0.2) is 4.79 Å². The molecular weight excluding hydrogens is 444 g/mol. The Bertz CT molecular complexity index is 1240. The molecule has 0 saturated carbocycles. The number of hydrogen-bond acceptors (Lipinski definition) is 5. The van der Waals surface area contributed by atoms with Crippen LogP contribution in [0.4, 0.5) is 4.79 Å². The summed E-state index contributed by atoms with van der Waals surface area (Å²) in [4.78, 5) is 28.4. The predicted octanol–water partition coefficient (Wildman–Crippen LogP) is 5.51. The zero-order valence-electron chi connectivity index (χ0n) is 20.8. The zero-order valence-corrected chi connectivity index (χ0v) is 20.8. The largest absolute Gasteiger partial charge is 0.493 e. The van der Waals surface area contributed by atoms with Crippen molar-refractivity contribution < 1.29 is 23.5 Å². The lowest BCUT2D eigenvalue weighted by Crippen LogP contribution is -2.50. The molecule has 0 spiro atoms. The highest BCUT2D eigenvalue weighted by Gasteiger charge is 2.25. The molecule has 0 N–H and O–H groups in total. The molecule has 0 atom stereocenters. The summed E-state index contributed by atoms with van der Waals surface area (Å²) in [5.74, 6) is 0.643. The van der Waals surface area contributed by atoms with E-state index in [0.29, 0.717) is 39.4 Å². The monoisotopic (exact) mass is 476 g/mol. The van der Waals surface area contributed by atoms with Crippen molar-refractivity contribution in [2.24, 2.45) is 0 Å². The summed E-state index contributed by atoms with van der Waals surface area (Å²) >= 11 is 0. The van der Waals surface area contributed by atoms with Gasteiger partial charge < -0.3 is 23.7 Å². The fraction of sp³-hybridized carbons (Fsp3) is 0.357. The molecule has 4 rings (SSSR count). The van der Waals surface area contributed by atoms with Crippen molar-refractivity contribution in [1.29, 1.82) is 0 Å². The minimum atomic E-state index is -0.328. The standard InChI is InChI=1S/C28H32N2O5/c1-5-33-26-20(4)27-23(24(18-35-27)21-10-8-7-9-11-21)17-22(26)19(3)16-25(31)29-12-14-30(15-13-29)28(32)34-6-2/h7-11,16-18H,5-6,12-15H2,1-4H3/b19-16+. The van der Waals surface area contributed by atoms with Gasteiger partial charge in [0.1, 0.15) is 11.3 Å². The van der Waals surface area contributed by atoms with Gasteiger partial charge in [0.15, 0.2) is 0 Å². The van der Waals surface area contributed by atoms with Gasteiger partial charge in [0.25, 0.3) is 0 Å². The van der Waals surface area contributed by atoms with Gasteiger partial charge in [-0.2, -0.15) is 0 Å². The highest BCUT2D eigenvalue weighted by molar-refractivity contribution is 6.01. The predicted molar refractivity (Wildman–Crippen MR) is 136 cm³/mol. The third-order valence-corrected chi connectivity index (χ3v) is 6.30. The summed E-state index contributed by atoms with van der Waals surface area (Å²) in [6.45, 7) is 10.3.